The number of hydrogen-bond acceptors (Lipinski definition) is 1. The number of halogens is 3. The van der Waals surface area contributed by atoms with Gasteiger partial charge < -0.3 is 9.47 Å². The molecule has 20 heavy (non-hydrogen) atoms. The second-order valence-corrected chi connectivity index (χ2v) is 5.18. The van der Waals surface area contributed by atoms with Crippen molar-refractivity contribution in [2.75, 3.05) is 7.05 Å². The van der Waals surface area contributed by atoms with Gasteiger partial charge in [-0.1, -0.05) is 6.07 Å². The number of benzene rings is 1. The molecule has 2 heterocycles. The zero-order chi connectivity index (χ0) is 14.7. The predicted octanol–water partition coefficient (Wildman–Crippen LogP) is 3.13. The monoisotopic (exact) mass is 282 g/mol. The van der Waals surface area contributed by atoms with Crippen molar-refractivity contribution >= 4 is 16.8 Å². The molecule has 1 aromatic carbocycles. The molecule has 1 amide bonds. The molecule has 6 heteroatoms. The largest absolute Gasteiger partial charge is 0.416 e. The Kier molecular flexibility index (Phi) is 2.61. The van der Waals surface area contributed by atoms with Crippen LogP contribution in [0.2, 0.25) is 0 Å². The van der Waals surface area contributed by atoms with Gasteiger partial charge in [-0.2, -0.15) is 13.2 Å². The summed E-state index contributed by atoms with van der Waals surface area (Å²) in [6.45, 7) is 2.38. The number of likely N-dealkylation sites (N-methyl/N-ethyl adjacent to an activating group) is 1. The van der Waals surface area contributed by atoms with Gasteiger partial charge in [0, 0.05) is 30.5 Å². The molecule has 0 saturated carbocycles. The number of rotatable bonds is 0. The molecule has 0 radical (unpaired) electrons. The van der Waals surface area contributed by atoms with E-state index in [4.69, 9.17) is 0 Å². The Bertz CT molecular complexity index is 702. The van der Waals surface area contributed by atoms with Crippen LogP contribution in [0.3, 0.4) is 0 Å². The van der Waals surface area contributed by atoms with Crippen LogP contribution in [0.1, 0.15) is 23.0 Å². The van der Waals surface area contributed by atoms with Gasteiger partial charge >= 0.3 is 6.18 Å². The minimum Gasteiger partial charge on any atom is -0.336 e. The molecule has 1 atom stereocenters. The van der Waals surface area contributed by atoms with E-state index in [2.05, 4.69) is 0 Å². The van der Waals surface area contributed by atoms with Crippen molar-refractivity contribution in [2.24, 2.45) is 0 Å². The fourth-order valence-electron chi connectivity index (χ4n) is 2.57. The van der Waals surface area contributed by atoms with E-state index in [1.54, 1.807) is 22.6 Å². The molecule has 1 aliphatic heterocycles. The molecule has 0 bridgehead atoms. The quantitative estimate of drug-likeness (QED) is 0.728. The first-order chi connectivity index (χ1) is 9.29. The first kappa shape index (κ1) is 13.0. The number of nitrogens with zero attached hydrogens (tertiary/aromatic N) is 2. The van der Waals surface area contributed by atoms with Crippen LogP contribution in [-0.2, 0) is 12.7 Å². The summed E-state index contributed by atoms with van der Waals surface area (Å²) in [7, 11) is 1.70. The summed E-state index contributed by atoms with van der Waals surface area (Å²) in [6, 6.07) is 5.19. The highest BCUT2D eigenvalue weighted by Crippen LogP contribution is 2.33. The number of alkyl halides is 3. The normalized spacial score (nSPS) is 19.6. The minimum absolute atomic E-state index is 0.0415. The lowest BCUT2D eigenvalue weighted by Gasteiger charge is -2.31. The van der Waals surface area contributed by atoms with Crippen molar-refractivity contribution in [3.05, 3.63) is 35.5 Å². The van der Waals surface area contributed by atoms with Crippen LogP contribution in [0.15, 0.2) is 24.3 Å². The number of aromatic nitrogens is 1. The molecular weight excluding hydrogens is 269 g/mol. The smallest absolute Gasteiger partial charge is 0.336 e. The van der Waals surface area contributed by atoms with Crippen LogP contribution < -0.4 is 0 Å². The van der Waals surface area contributed by atoms with Crippen LogP contribution in [-0.4, -0.2) is 28.5 Å². The molecular formula is C14H13F3N2O. The highest BCUT2D eigenvalue weighted by atomic mass is 19.4. The maximum absolute atomic E-state index is 12.8. The van der Waals surface area contributed by atoms with Crippen molar-refractivity contribution in [3.63, 3.8) is 0 Å². The van der Waals surface area contributed by atoms with Crippen molar-refractivity contribution < 1.29 is 18.0 Å². The predicted molar refractivity (Wildman–Crippen MR) is 68.5 cm³/mol. The van der Waals surface area contributed by atoms with Crippen molar-refractivity contribution in [2.45, 2.75) is 25.7 Å². The summed E-state index contributed by atoms with van der Waals surface area (Å²) in [4.78, 5) is 13.8. The molecule has 1 aliphatic rings. The molecule has 106 valence electrons. The molecule has 1 unspecified atom stereocenters. The van der Waals surface area contributed by atoms with Gasteiger partial charge in [0.1, 0.15) is 5.69 Å². The van der Waals surface area contributed by atoms with Gasteiger partial charge in [-0.3, -0.25) is 4.79 Å². The van der Waals surface area contributed by atoms with Crippen LogP contribution in [0, 0.1) is 0 Å². The number of hydrogen-bond donors (Lipinski definition) is 0. The fourth-order valence-corrected chi connectivity index (χ4v) is 2.57. The molecule has 0 fully saturated rings. The lowest BCUT2D eigenvalue weighted by atomic mass is 10.1. The van der Waals surface area contributed by atoms with E-state index in [0.29, 0.717) is 23.1 Å². The zero-order valence-electron chi connectivity index (χ0n) is 11.0. The molecule has 0 spiro atoms. The maximum Gasteiger partial charge on any atom is 0.416 e. The Morgan fingerprint density at radius 2 is 1.95 bits per heavy atom. The highest BCUT2D eigenvalue weighted by Gasteiger charge is 2.33. The van der Waals surface area contributed by atoms with Gasteiger partial charge in [0.25, 0.3) is 5.91 Å². The van der Waals surface area contributed by atoms with Crippen LogP contribution in [0.5, 0.6) is 0 Å². The number of amides is 1. The second kappa shape index (κ2) is 4.01. The fraction of sp³-hybridized carbons (Fsp3) is 0.357. The maximum atomic E-state index is 12.8. The third-order valence-electron chi connectivity index (χ3n) is 3.88. The minimum atomic E-state index is -4.38. The third kappa shape index (κ3) is 1.78. The van der Waals surface area contributed by atoms with E-state index in [9.17, 15) is 18.0 Å². The average Bonchev–Trinajstić information content (AvgIpc) is 2.73. The molecule has 0 aliphatic carbocycles. The van der Waals surface area contributed by atoms with E-state index >= 15 is 0 Å². The van der Waals surface area contributed by atoms with Gasteiger partial charge in [0.2, 0.25) is 0 Å². The summed E-state index contributed by atoms with van der Waals surface area (Å²) in [5.41, 5.74) is 0.216. The van der Waals surface area contributed by atoms with Gasteiger partial charge in [-0.15, -0.1) is 0 Å². The van der Waals surface area contributed by atoms with E-state index in [1.807, 2.05) is 6.92 Å². The molecule has 3 nitrogen and oxygen atoms in total. The average molecular weight is 282 g/mol. The van der Waals surface area contributed by atoms with Gasteiger partial charge in [0.05, 0.1) is 5.56 Å². The van der Waals surface area contributed by atoms with E-state index in [0.717, 1.165) is 12.1 Å². The lowest BCUT2D eigenvalue weighted by molar-refractivity contribution is -0.137. The Labute approximate surface area is 113 Å². The third-order valence-corrected chi connectivity index (χ3v) is 3.88. The number of fused-ring (bicyclic) bond motifs is 3. The Hall–Kier alpha value is -1.98. The Morgan fingerprint density at radius 3 is 2.60 bits per heavy atom. The number of carbonyl (C=O) groups excluding carboxylic acids is 1. The summed E-state index contributed by atoms with van der Waals surface area (Å²) in [5.74, 6) is -0.159. The lowest BCUT2D eigenvalue weighted by Crippen LogP contribution is -2.43. The number of carbonyl (C=O) groups is 1. The van der Waals surface area contributed by atoms with Gasteiger partial charge in [-0.25, -0.2) is 0 Å². The summed E-state index contributed by atoms with van der Waals surface area (Å²) in [6.07, 6.45) is -4.38. The second-order valence-electron chi connectivity index (χ2n) is 5.18. The highest BCUT2D eigenvalue weighted by molar-refractivity contribution is 5.99. The van der Waals surface area contributed by atoms with E-state index in [-0.39, 0.29) is 11.9 Å². The first-order valence-electron chi connectivity index (χ1n) is 6.26. The van der Waals surface area contributed by atoms with Crippen molar-refractivity contribution in [1.82, 2.24) is 9.47 Å². The van der Waals surface area contributed by atoms with Crippen LogP contribution >= 0.6 is 0 Å². The Morgan fingerprint density at radius 1 is 1.25 bits per heavy atom. The van der Waals surface area contributed by atoms with Crippen molar-refractivity contribution in [1.29, 1.82) is 0 Å². The molecule has 3 rings (SSSR count). The van der Waals surface area contributed by atoms with Gasteiger partial charge in [-0.05, 0) is 25.1 Å². The van der Waals surface area contributed by atoms with Gasteiger partial charge in [0.15, 0.2) is 0 Å². The molecule has 1 aromatic heterocycles. The topological polar surface area (TPSA) is 25.2 Å². The molecule has 0 saturated heterocycles. The zero-order valence-corrected chi connectivity index (χ0v) is 11.0. The Balaban J connectivity index is 2.23. The standard InChI is InChI=1S/C14H13F3N2O/c1-8-7-19-11-6-10(14(15,16)17)4-3-9(11)5-12(19)13(20)18(8)2/h3-6,8H,7H2,1-2H3. The summed E-state index contributed by atoms with van der Waals surface area (Å²) >= 11 is 0. The SMILES string of the molecule is CC1Cn2c(cc3ccc(C(F)(F)F)cc32)C(=O)N1C. The van der Waals surface area contributed by atoms with Crippen LogP contribution in [0.4, 0.5) is 13.2 Å². The molecule has 2 aromatic rings. The first-order valence-corrected chi connectivity index (χ1v) is 6.26. The van der Waals surface area contributed by atoms with Crippen molar-refractivity contribution in [3.8, 4) is 0 Å². The summed E-state index contributed by atoms with van der Waals surface area (Å²) in [5, 5.41) is 0.656. The summed E-state index contributed by atoms with van der Waals surface area (Å²) < 4.78 is 40.0. The van der Waals surface area contributed by atoms with E-state index in [1.165, 1.54) is 6.07 Å². The van der Waals surface area contributed by atoms with Crippen LogP contribution in [0.25, 0.3) is 10.9 Å². The molecule has 0 N–H and O–H groups in total. The van der Waals surface area contributed by atoms with E-state index < -0.39 is 11.7 Å².